The summed E-state index contributed by atoms with van der Waals surface area (Å²) in [5.41, 5.74) is 3.15. The fourth-order valence-electron chi connectivity index (χ4n) is 3.55. The van der Waals surface area contributed by atoms with E-state index >= 15 is 0 Å². The van der Waals surface area contributed by atoms with Crippen molar-refractivity contribution in [3.05, 3.63) is 18.1 Å². The van der Waals surface area contributed by atoms with Gasteiger partial charge < -0.3 is 10.0 Å². The maximum atomic E-state index is 10.1. The zero-order valence-corrected chi connectivity index (χ0v) is 13.2. The normalized spacial score (nSPS) is 25.4. The molecule has 0 amide bonds. The molecule has 1 aliphatic heterocycles. The molecule has 2 aromatic heterocycles. The van der Waals surface area contributed by atoms with Gasteiger partial charge in [0.25, 0.3) is 0 Å². The minimum Gasteiger partial charge on any atom is -0.393 e. The molecule has 3 heterocycles. The van der Waals surface area contributed by atoms with Crippen molar-refractivity contribution in [1.29, 1.82) is 0 Å². The van der Waals surface area contributed by atoms with E-state index in [4.69, 9.17) is 0 Å². The van der Waals surface area contributed by atoms with Gasteiger partial charge in [0.2, 0.25) is 5.65 Å². The van der Waals surface area contributed by atoms with Crippen LogP contribution in [-0.2, 0) is 0 Å². The molecule has 22 heavy (non-hydrogen) atoms. The molecule has 1 saturated heterocycles. The first-order valence-electron chi connectivity index (χ1n) is 8.16. The fourth-order valence-corrected chi connectivity index (χ4v) is 3.55. The molecular formula is C16H23N5O. The number of nitrogens with zero attached hydrogens (tertiary/aromatic N) is 5. The van der Waals surface area contributed by atoms with Crippen LogP contribution in [0.1, 0.15) is 51.1 Å². The summed E-state index contributed by atoms with van der Waals surface area (Å²) in [6.07, 6.45) is 5.55. The van der Waals surface area contributed by atoms with Crippen molar-refractivity contribution in [1.82, 2.24) is 19.8 Å². The van der Waals surface area contributed by atoms with Crippen molar-refractivity contribution in [2.24, 2.45) is 5.41 Å². The molecule has 6 heteroatoms. The number of hydrogen-bond acceptors (Lipinski definition) is 5. The average Bonchev–Trinajstić information content (AvgIpc) is 3.21. The van der Waals surface area contributed by atoms with E-state index in [1.807, 2.05) is 0 Å². The predicted molar refractivity (Wildman–Crippen MR) is 84.0 cm³/mol. The Balaban J connectivity index is 1.76. The van der Waals surface area contributed by atoms with Gasteiger partial charge in [0, 0.05) is 19.0 Å². The molecular weight excluding hydrogens is 278 g/mol. The van der Waals surface area contributed by atoms with E-state index in [1.165, 1.54) is 12.8 Å². The van der Waals surface area contributed by atoms with Gasteiger partial charge in [0.1, 0.15) is 6.33 Å². The molecule has 1 atom stereocenters. The summed E-state index contributed by atoms with van der Waals surface area (Å²) in [4.78, 5) is 2.35. The van der Waals surface area contributed by atoms with Crippen molar-refractivity contribution in [3.63, 3.8) is 0 Å². The van der Waals surface area contributed by atoms with E-state index in [9.17, 15) is 5.11 Å². The minimum atomic E-state index is -0.223. The number of hydrogen-bond donors (Lipinski definition) is 1. The molecule has 0 aromatic carbocycles. The van der Waals surface area contributed by atoms with Gasteiger partial charge in [-0.3, -0.25) is 0 Å². The number of aromatic nitrogens is 4. The largest absolute Gasteiger partial charge is 0.393 e. The van der Waals surface area contributed by atoms with Crippen molar-refractivity contribution in [2.45, 2.75) is 51.6 Å². The van der Waals surface area contributed by atoms with E-state index in [0.717, 1.165) is 43.0 Å². The van der Waals surface area contributed by atoms with Crippen LogP contribution in [0.25, 0.3) is 5.65 Å². The third-order valence-electron chi connectivity index (χ3n) is 4.74. The number of aliphatic hydroxyl groups excluding tert-OH is 1. The highest BCUT2D eigenvalue weighted by atomic mass is 16.3. The van der Waals surface area contributed by atoms with Crippen molar-refractivity contribution in [3.8, 4) is 0 Å². The summed E-state index contributed by atoms with van der Waals surface area (Å²) in [7, 11) is 0. The Morgan fingerprint density at radius 2 is 2.09 bits per heavy atom. The van der Waals surface area contributed by atoms with Gasteiger partial charge in [0.15, 0.2) is 0 Å². The van der Waals surface area contributed by atoms with Crippen molar-refractivity contribution < 1.29 is 5.11 Å². The van der Waals surface area contributed by atoms with Gasteiger partial charge in [-0.15, -0.1) is 10.2 Å². The smallest absolute Gasteiger partial charge is 0.200 e. The fraction of sp³-hybridized carbons (Fsp3) is 0.688. The number of aliphatic hydroxyl groups is 1. The van der Waals surface area contributed by atoms with Crippen LogP contribution >= 0.6 is 0 Å². The molecule has 1 aliphatic carbocycles. The predicted octanol–water partition coefficient (Wildman–Crippen LogP) is 1.99. The molecule has 2 aromatic rings. The third kappa shape index (κ3) is 2.56. The van der Waals surface area contributed by atoms with Crippen LogP contribution in [0.4, 0.5) is 5.69 Å². The van der Waals surface area contributed by atoms with Gasteiger partial charge in [-0.1, -0.05) is 13.8 Å². The van der Waals surface area contributed by atoms with E-state index < -0.39 is 0 Å². The second kappa shape index (κ2) is 4.91. The zero-order valence-electron chi connectivity index (χ0n) is 13.2. The van der Waals surface area contributed by atoms with Crippen LogP contribution in [0.5, 0.6) is 0 Å². The van der Waals surface area contributed by atoms with Crippen molar-refractivity contribution in [2.75, 3.05) is 18.0 Å². The summed E-state index contributed by atoms with van der Waals surface area (Å²) in [5.74, 6) is 0.594. The lowest BCUT2D eigenvalue weighted by Crippen LogP contribution is -2.33. The number of anilines is 1. The molecule has 6 nitrogen and oxygen atoms in total. The topological polar surface area (TPSA) is 66.5 Å². The van der Waals surface area contributed by atoms with Gasteiger partial charge in [-0.05, 0) is 37.2 Å². The zero-order chi connectivity index (χ0) is 15.3. The molecule has 1 saturated carbocycles. The number of rotatable bonds is 2. The van der Waals surface area contributed by atoms with E-state index in [-0.39, 0.29) is 11.5 Å². The van der Waals surface area contributed by atoms with E-state index in [1.54, 1.807) is 10.8 Å². The van der Waals surface area contributed by atoms with Gasteiger partial charge in [0.05, 0.1) is 17.5 Å². The minimum absolute atomic E-state index is 0.0793. The molecule has 0 radical (unpaired) electrons. The molecule has 2 aliphatic rings. The Kier molecular flexibility index (Phi) is 3.11. The maximum Gasteiger partial charge on any atom is 0.200 e. The summed E-state index contributed by atoms with van der Waals surface area (Å²) in [6.45, 7) is 6.21. The van der Waals surface area contributed by atoms with E-state index in [0.29, 0.717) is 5.92 Å². The molecule has 0 spiro atoms. The second-order valence-corrected chi connectivity index (χ2v) is 7.56. The maximum absolute atomic E-state index is 10.1. The summed E-state index contributed by atoms with van der Waals surface area (Å²) >= 11 is 0. The number of fused-ring (bicyclic) bond motifs is 1. The van der Waals surface area contributed by atoms with Crippen LogP contribution in [0.3, 0.4) is 0 Å². The SMILES string of the molecule is CC1(C)CC(O)CCN(c2cc(C3CC3)nn3cnnc23)C1. The molecule has 4 rings (SSSR count). The first kappa shape index (κ1) is 13.9. The van der Waals surface area contributed by atoms with Crippen LogP contribution in [0.15, 0.2) is 12.4 Å². The lowest BCUT2D eigenvalue weighted by Gasteiger charge is -2.31. The van der Waals surface area contributed by atoms with Crippen LogP contribution in [0.2, 0.25) is 0 Å². The molecule has 118 valence electrons. The molecule has 2 fully saturated rings. The Hall–Kier alpha value is -1.69. The highest BCUT2D eigenvalue weighted by Crippen LogP contribution is 2.41. The highest BCUT2D eigenvalue weighted by Gasteiger charge is 2.32. The summed E-state index contributed by atoms with van der Waals surface area (Å²) < 4.78 is 1.80. The van der Waals surface area contributed by atoms with Crippen LogP contribution in [-0.4, -0.2) is 44.1 Å². The van der Waals surface area contributed by atoms with Crippen LogP contribution in [0, 0.1) is 5.41 Å². The Morgan fingerprint density at radius 3 is 2.86 bits per heavy atom. The Labute approximate surface area is 130 Å². The van der Waals surface area contributed by atoms with Crippen LogP contribution < -0.4 is 4.90 Å². The van der Waals surface area contributed by atoms with Gasteiger partial charge in [-0.2, -0.15) is 9.61 Å². The highest BCUT2D eigenvalue weighted by molar-refractivity contribution is 5.68. The lowest BCUT2D eigenvalue weighted by molar-refractivity contribution is 0.123. The molecule has 1 N–H and O–H groups in total. The quantitative estimate of drug-likeness (QED) is 0.919. The third-order valence-corrected chi connectivity index (χ3v) is 4.74. The molecule has 0 bridgehead atoms. The Morgan fingerprint density at radius 1 is 1.27 bits per heavy atom. The Bertz CT molecular complexity index is 691. The lowest BCUT2D eigenvalue weighted by atomic mass is 9.87. The van der Waals surface area contributed by atoms with E-state index in [2.05, 4.69) is 40.1 Å². The monoisotopic (exact) mass is 301 g/mol. The van der Waals surface area contributed by atoms with Gasteiger partial charge in [-0.25, -0.2) is 0 Å². The summed E-state index contributed by atoms with van der Waals surface area (Å²) in [5, 5.41) is 23.1. The summed E-state index contributed by atoms with van der Waals surface area (Å²) in [6, 6.07) is 2.19. The first-order chi connectivity index (χ1) is 10.5. The first-order valence-corrected chi connectivity index (χ1v) is 8.16. The standard InChI is InChI=1S/C16H23N5O/c1-16(2)8-12(22)5-6-20(9-16)14-7-13(11-3-4-11)19-21-10-17-18-15(14)21/h7,10-12,22H,3-6,8-9H2,1-2H3. The van der Waals surface area contributed by atoms with Gasteiger partial charge >= 0.3 is 0 Å². The average molecular weight is 301 g/mol. The second-order valence-electron chi connectivity index (χ2n) is 7.56. The molecule has 1 unspecified atom stereocenters. The van der Waals surface area contributed by atoms with Crippen molar-refractivity contribution >= 4 is 11.3 Å².